The highest BCUT2D eigenvalue weighted by molar-refractivity contribution is 9.10. The lowest BCUT2D eigenvalue weighted by Gasteiger charge is -2.18. The molecule has 0 bridgehead atoms. The minimum atomic E-state index is -0.150. The van der Waals surface area contributed by atoms with Gasteiger partial charge in [0.05, 0.1) is 5.69 Å². The Labute approximate surface area is 159 Å². The minimum absolute atomic E-state index is 0.150. The number of pyridine rings is 1. The first kappa shape index (κ1) is 16.4. The molecule has 0 spiro atoms. The molecule has 0 aliphatic carbocycles. The van der Waals surface area contributed by atoms with E-state index >= 15 is 0 Å². The summed E-state index contributed by atoms with van der Waals surface area (Å²) in [6, 6.07) is 21.0. The lowest BCUT2D eigenvalue weighted by Crippen LogP contribution is -2.32. The number of benzene rings is 2. The van der Waals surface area contributed by atoms with Gasteiger partial charge in [-0.3, -0.25) is 14.7 Å². The number of aliphatic imine (C=N–C) groups is 1. The number of aromatic nitrogens is 1. The summed E-state index contributed by atoms with van der Waals surface area (Å²) in [6.45, 7) is 0. The smallest absolute Gasteiger partial charge is 0.266 e. The Morgan fingerprint density at radius 1 is 0.885 bits per heavy atom. The summed E-state index contributed by atoms with van der Waals surface area (Å²) in [6.07, 6.45) is 5.17. The molecule has 2 aromatic carbocycles. The van der Waals surface area contributed by atoms with E-state index in [2.05, 4.69) is 25.9 Å². The zero-order chi connectivity index (χ0) is 17.9. The molecule has 4 nitrogen and oxygen atoms in total. The summed E-state index contributed by atoms with van der Waals surface area (Å²) >= 11 is 3.43. The predicted octanol–water partition coefficient (Wildman–Crippen LogP) is 4.68. The SMILES string of the molecule is O=C1/C(=C\c2ccncc2)N=C(c2ccccc2)N1c1ccc(Br)cc1. The van der Waals surface area contributed by atoms with Crippen molar-refractivity contribution in [2.45, 2.75) is 0 Å². The van der Waals surface area contributed by atoms with Crippen molar-refractivity contribution in [3.63, 3.8) is 0 Å². The number of amides is 1. The van der Waals surface area contributed by atoms with Gasteiger partial charge in [0.1, 0.15) is 11.5 Å². The standard InChI is InChI=1S/C21H14BrN3O/c22-17-6-8-18(9-7-17)25-20(16-4-2-1-3-5-16)24-19(21(25)26)14-15-10-12-23-13-11-15/h1-14H/b19-14+. The molecule has 0 fully saturated rings. The van der Waals surface area contributed by atoms with E-state index in [1.54, 1.807) is 23.4 Å². The highest BCUT2D eigenvalue weighted by Gasteiger charge is 2.32. The van der Waals surface area contributed by atoms with E-state index in [0.29, 0.717) is 11.5 Å². The third kappa shape index (κ3) is 3.21. The van der Waals surface area contributed by atoms with Crippen molar-refractivity contribution in [1.82, 2.24) is 4.98 Å². The van der Waals surface area contributed by atoms with Crippen LogP contribution in [0, 0.1) is 0 Å². The molecule has 0 saturated carbocycles. The summed E-state index contributed by atoms with van der Waals surface area (Å²) in [4.78, 5) is 23.4. The largest absolute Gasteiger partial charge is 0.282 e. The molecule has 1 aliphatic heterocycles. The van der Waals surface area contributed by atoms with Crippen molar-refractivity contribution in [2.24, 2.45) is 4.99 Å². The summed E-state index contributed by atoms with van der Waals surface area (Å²) in [5.41, 5.74) is 2.95. The molecule has 5 heteroatoms. The van der Waals surface area contributed by atoms with Crippen LogP contribution in [-0.2, 0) is 4.79 Å². The van der Waals surface area contributed by atoms with E-state index < -0.39 is 0 Å². The number of carbonyl (C=O) groups excluding carboxylic acids is 1. The molecule has 0 saturated heterocycles. The average Bonchev–Trinajstić information content (AvgIpc) is 3.00. The van der Waals surface area contributed by atoms with Gasteiger partial charge in [0.2, 0.25) is 0 Å². The van der Waals surface area contributed by atoms with Gasteiger partial charge in [-0.25, -0.2) is 4.99 Å². The Kier molecular flexibility index (Phi) is 4.46. The van der Waals surface area contributed by atoms with Gasteiger partial charge in [-0.2, -0.15) is 0 Å². The lowest BCUT2D eigenvalue weighted by molar-refractivity contribution is -0.113. The maximum Gasteiger partial charge on any atom is 0.282 e. The van der Waals surface area contributed by atoms with Gasteiger partial charge in [-0.15, -0.1) is 0 Å². The molecule has 3 aromatic rings. The molecule has 1 amide bonds. The highest BCUT2D eigenvalue weighted by Crippen LogP contribution is 2.28. The molecule has 0 radical (unpaired) electrons. The van der Waals surface area contributed by atoms with Crippen LogP contribution in [0.2, 0.25) is 0 Å². The molecule has 4 rings (SSSR count). The van der Waals surface area contributed by atoms with Gasteiger partial charge in [-0.1, -0.05) is 46.3 Å². The second-order valence-corrected chi connectivity index (χ2v) is 6.64. The van der Waals surface area contributed by atoms with Crippen molar-refractivity contribution in [3.8, 4) is 0 Å². The molecule has 1 aromatic heterocycles. The highest BCUT2D eigenvalue weighted by atomic mass is 79.9. The Morgan fingerprint density at radius 3 is 2.27 bits per heavy atom. The Morgan fingerprint density at radius 2 is 1.58 bits per heavy atom. The van der Waals surface area contributed by atoms with E-state index in [-0.39, 0.29) is 5.91 Å². The maximum absolute atomic E-state index is 13.1. The van der Waals surface area contributed by atoms with Crippen molar-refractivity contribution in [2.75, 3.05) is 4.90 Å². The molecule has 26 heavy (non-hydrogen) atoms. The van der Waals surface area contributed by atoms with Gasteiger partial charge in [0, 0.05) is 22.4 Å². The van der Waals surface area contributed by atoms with Crippen LogP contribution in [0.15, 0.2) is 94.3 Å². The zero-order valence-corrected chi connectivity index (χ0v) is 15.3. The Bertz CT molecular complexity index is 996. The third-order valence-corrected chi connectivity index (χ3v) is 4.52. The molecule has 1 aliphatic rings. The summed E-state index contributed by atoms with van der Waals surface area (Å²) < 4.78 is 0.957. The van der Waals surface area contributed by atoms with E-state index in [1.807, 2.05) is 66.7 Å². The summed E-state index contributed by atoms with van der Waals surface area (Å²) in [5, 5.41) is 0. The first-order valence-corrected chi connectivity index (χ1v) is 8.87. The van der Waals surface area contributed by atoms with E-state index in [9.17, 15) is 4.79 Å². The zero-order valence-electron chi connectivity index (χ0n) is 13.7. The Balaban J connectivity index is 1.82. The van der Waals surface area contributed by atoms with Gasteiger partial charge in [0.25, 0.3) is 5.91 Å². The fraction of sp³-hybridized carbons (Fsp3) is 0. The number of amidine groups is 1. The maximum atomic E-state index is 13.1. The summed E-state index contributed by atoms with van der Waals surface area (Å²) in [5.74, 6) is 0.473. The minimum Gasteiger partial charge on any atom is -0.266 e. The van der Waals surface area contributed by atoms with Crippen LogP contribution in [-0.4, -0.2) is 16.7 Å². The van der Waals surface area contributed by atoms with Gasteiger partial charge < -0.3 is 0 Å². The normalized spacial score (nSPS) is 15.4. The second-order valence-electron chi connectivity index (χ2n) is 5.73. The molecule has 2 heterocycles. The van der Waals surface area contributed by atoms with Crippen LogP contribution >= 0.6 is 15.9 Å². The predicted molar refractivity (Wildman–Crippen MR) is 107 cm³/mol. The fourth-order valence-electron chi connectivity index (χ4n) is 2.74. The van der Waals surface area contributed by atoms with Crippen LogP contribution < -0.4 is 4.90 Å². The average molecular weight is 404 g/mol. The lowest BCUT2D eigenvalue weighted by atomic mass is 10.2. The van der Waals surface area contributed by atoms with E-state index in [1.165, 1.54) is 0 Å². The summed E-state index contributed by atoms with van der Waals surface area (Å²) in [7, 11) is 0. The van der Waals surface area contributed by atoms with Crippen molar-refractivity contribution in [1.29, 1.82) is 0 Å². The molecule has 126 valence electrons. The molecule has 0 atom stereocenters. The van der Waals surface area contributed by atoms with Gasteiger partial charge in [-0.05, 0) is 48.0 Å². The molecule has 0 unspecified atom stereocenters. The van der Waals surface area contributed by atoms with Crippen LogP contribution in [0.5, 0.6) is 0 Å². The van der Waals surface area contributed by atoms with E-state index in [4.69, 9.17) is 0 Å². The van der Waals surface area contributed by atoms with Crippen molar-refractivity contribution in [3.05, 3.63) is 100 Å². The topological polar surface area (TPSA) is 45.6 Å². The number of nitrogens with zero attached hydrogens (tertiary/aromatic N) is 3. The van der Waals surface area contributed by atoms with Crippen LogP contribution in [0.25, 0.3) is 6.08 Å². The molecular weight excluding hydrogens is 390 g/mol. The molecule has 0 N–H and O–H groups in total. The van der Waals surface area contributed by atoms with E-state index in [0.717, 1.165) is 21.3 Å². The second kappa shape index (κ2) is 7.06. The van der Waals surface area contributed by atoms with Crippen molar-refractivity contribution < 1.29 is 4.79 Å². The number of halogens is 1. The van der Waals surface area contributed by atoms with Crippen LogP contribution in [0.1, 0.15) is 11.1 Å². The number of hydrogen-bond acceptors (Lipinski definition) is 3. The fourth-order valence-corrected chi connectivity index (χ4v) is 3.01. The monoisotopic (exact) mass is 403 g/mol. The first-order valence-electron chi connectivity index (χ1n) is 8.08. The van der Waals surface area contributed by atoms with Crippen LogP contribution in [0.3, 0.4) is 0 Å². The number of rotatable bonds is 3. The van der Waals surface area contributed by atoms with Gasteiger partial charge >= 0.3 is 0 Å². The van der Waals surface area contributed by atoms with Crippen LogP contribution in [0.4, 0.5) is 5.69 Å². The van der Waals surface area contributed by atoms with Crippen molar-refractivity contribution >= 4 is 39.4 Å². The number of anilines is 1. The first-order chi connectivity index (χ1) is 12.7. The van der Waals surface area contributed by atoms with Gasteiger partial charge in [0.15, 0.2) is 0 Å². The number of hydrogen-bond donors (Lipinski definition) is 0. The number of carbonyl (C=O) groups is 1. The molecular formula is C21H14BrN3O. The Hall–Kier alpha value is -3.05. The third-order valence-electron chi connectivity index (χ3n) is 3.99. The quantitative estimate of drug-likeness (QED) is 0.596.